The maximum absolute atomic E-state index is 12.9. The third-order valence-electron chi connectivity index (χ3n) is 4.64. The summed E-state index contributed by atoms with van der Waals surface area (Å²) in [5.41, 5.74) is 0.866. The number of amides is 1. The topological polar surface area (TPSA) is 93.4 Å². The number of rotatable bonds is 5. The second kappa shape index (κ2) is 6.38. The van der Waals surface area contributed by atoms with Gasteiger partial charge in [-0.2, -0.15) is 5.10 Å². The normalized spacial score (nSPS) is 26.2. The van der Waals surface area contributed by atoms with E-state index >= 15 is 0 Å². The Morgan fingerprint density at radius 3 is 2.54 bits per heavy atom. The molecule has 1 fully saturated rings. The van der Waals surface area contributed by atoms with Crippen molar-refractivity contribution in [1.29, 1.82) is 0 Å². The molecular weight excluding hydrogens is 341 g/mol. The number of hydrogen-bond acceptors (Lipinski definition) is 4. The molecule has 0 aliphatic carbocycles. The van der Waals surface area contributed by atoms with Crippen molar-refractivity contribution >= 4 is 17.7 Å². The summed E-state index contributed by atoms with van der Waals surface area (Å²) in [7, 11) is 0. The van der Waals surface area contributed by atoms with E-state index < -0.39 is 35.9 Å². The molecule has 0 unspecified atom stereocenters. The summed E-state index contributed by atoms with van der Waals surface area (Å²) in [5, 5.41) is 16.3. The number of carbonyl (C=O) groups is 2. The number of fused-ring (bicyclic) bond motifs is 2. The van der Waals surface area contributed by atoms with E-state index in [1.54, 1.807) is 41.2 Å². The number of carboxylic acids is 1. The predicted molar refractivity (Wildman–Crippen MR) is 88.8 cm³/mol. The van der Waals surface area contributed by atoms with Crippen molar-refractivity contribution in [2.45, 2.75) is 18.8 Å². The summed E-state index contributed by atoms with van der Waals surface area (Å²) in [6, 6.07) is 7.69. The summed E-state index contributed by atoms with van der Waals surface area (Å²) < 4.78 is 20.1. The van der Waals surface area contributed by atoms with Gasteiger partial charge >= 0.3 is 5.97 Å². The molecular formula is C18H16FN3O4. The minimum Gasteiger partial charge on any atom is -0.481 e. The summed E-state index contributed by atoms with van der Waals surface area (Å²) in [4.78, 5) is 24.0. The van der Waals surface area contributed by atoms with E-state index in [0.29, 0.717) is 12.4 Å². The standard InChI is InChI=1S/C18H16FN3O4/c19-11-3-1-10(2-4-11)9-22-8-7-14(21-22)20-17(23)15-12-5-6-13(26-12)16(15)18(24)25/h1-8,12-13,15-16H,9H2,(H,24,25)(H,20,21,23)/t12-,13-,15-,16-/m1/s1. The summed E-state index contributed by atoms with van der Waals surface area (Å²) >= 11 is 0. The van der Waals surface area contributed by atoms with Gasteiger partial charge in [0, 0.05) is 12.3 Å². The van der Waals surface area contributed by atoms with Gasteiger partial charge in [-0.05, 0) is 17.7 Å². The van der Waals surface area contributed by atoms with E-state index in [1.165, 1.54) is 12.1 Å². The first-order chi connectivity index (χ1) is 12.5. The van der Waals surface area contributed by atoms with Gasteiger partial charge in [-0.1, -0.05) is 24.3 Å². The minimum atomic E-state index is -1.05. The van der Waals surface area contributed by atoms with Crippen molar-refractivity contribution in [3.63, 3.8) is 0 Å². The molecule has 2 aliphatic rings. The molecule has 3 heterocycles. The van der Waals surface area contributed by atoms with Crippen LogP contribution >= 0.6 is 0 Å². The molecule has 4 atom stereocenters. The third kappa shape index (κ3) is 2.99. The molecule has 0 radical (unpaired) electrons. The maximum atomic E-state index is 12.9. The molecule has 134 valence electrons. The predicted octanol–water partition coefficient (Wildman–Crippen LogP) is 1.66. The zero-order chi connectivity index (χ0) is 18.3. The van der Waals surface area contributed by atoms with Crippen LogP contribution in [0.3, 0.4) is 0 Å². The van der Waals surface area contributed by atoms with Crippen molar-refractivity contribution in [2.75, 3.05) is 5.32 Å². The highest BCUT2D eigenvalue weighted by Crippen LogP contribution is 2.39. The molecule has 1 aromatic carbocycles. The van der Waals surface area contributed by atoms with E-state index in [1.807, 2.05) is 0 Å². The molecule has 1 amide bonds. The quantitative estimate of drug-likeness (QED) is 0.794. The number of benzene rings is 1. The molecule has 1 aromatic heterocycles. The highest BCUT2D eigenvalue weighted by Gasteiger charge is 2.53. The second-order valence-electron chi connectivity index (χ2n) is 6.35. The molecule has 2 N–H and O–H groups in total. The fourth-order valence-electron chi connectivity index (χ4n) is 3.42. The molecule has 8 heteroatoms. The Balaban J connectivity index is 1.44. The zero-order valence-electron chi connectivity index (χ0n) is 13.6. The highest BCUT2D eigenvalue weighted by atomic mass is 19.1. The van der Waals surface area contributed by atoms with Gasteiger partial charge in [0.1, 0.15) is 11.7 Å². The molecule has 0 spiro atoms. The first-order valence-electron chi connectivity index (χ1n) is 8.16. The zero-order valence-corrected chi connectivity index (χ0v) is 13.6. The highest BCUT2D eigenvalue weighted by molar-refractivity contribution is 5.96. The number of aromatic nitrogens is 2. The van der Waals surface area contributed by atoms with Crippen LogP contribution in [0.2, 0.25) is 0 Å². The Hall–Kier alpha value is -3.00. The monoisotopic (exact) mass is 357 g/mol. The van der Waals surface area contributed by atoms with Gasteiger partial charge in [-0.3, -0.25) is 14.3 Å². The van der Waals surface area contributed by atoms with Crippen LogP contribution in [0.4, 0.5) is 10.2 Å². The molecule has 26 heavy (non-hydrogen) atoms. The average molecular weight is 357 g/mol. The average Bonchev–Trinajstić information content (AvgIpc) is 3.32. The largest absolute Gasteiger partial charge is 0.481 e. The summed E-state index contributed by atoms with van der Waals surface area (Å²) in [5.74, 6) is -3.15. The van der Waals surface area contributed by atoms with Gasteiger partial charge in [0.05, 0.1) is 24.7 Å². The van der Waals surface area contributed by atoms with Crippen molar-refractivity contribution in [3.05, 3.63) is 60.1 Å². The van der Waals surface area contributed by atoms with Crippen LogP contribution < -0.4 is 5.32 Å². The summed E-state index contributed by atoms with van der Waals surface area (Å²) in [6.07, 6.45) is 4.00. The van der Waals surface area contributed by atoms with E-state index in [2.05, 4.69) is 10.4 Å². The number of nitrogens with zero attached hydrogens (tertiary/aromatic N) is 2. The first kappa shape index (κ1) is 16.5. The molecule has 4 rings (SSSR count). The fraction of sp³-hybridized carbons (Fsp3) is 0.278. The minimum absolute atomic E-state index is 0.308. The molecule has 2 aliphatic heterocycles. The lowest BCUT2D eigenvalue weighted by Gasteiger charge is -2.20. The lowest BCUT2D eigenvalue weighted by Crippen LogP contribution is -2.39. The number of carbonyl (C=O) groups excluding carboxylic acids is 1. The van der Waals surface area contributed by atoms with E-state index in [0.717, 1.165) is 5.56 Å². The van der Waals surface area contributed by atoms with E-state index in [4.69, 9.17) is 4.74 Å². The van der Waals surface area contributed by atoms with Crippen LogP contribution in [0.1, 0.15) is 5.56 Å². The van der Waals surface area contributed by atoms with Crippen LogP contribution in [-0.2, 0) is 20.9 Å². The number of ether oxygens (including phenoxy) is 1. The van der Waals surface area contributed by atoms with Crippen LogP contribution in [0.25, 0.3) is 0 Å². The molecule has 1 saturated heterocycles. The molecule has 7 nitrogen and oxygen atoms in total. The molecule has 0 saturated carbocycles. The fourth-order valence-corrected chi connectivity index (χ4v) is 3.42. The van der Waals surface area contributed by atoms with Crippen molar-refractivity contribution in [2.24, 2.45) is 11.8 Å². The molecule has 2 aromatic rings. The van der Waals surface area contributed by atoms with Crippen LogP contribution in [0, 0.1) is 17.7 Å². The van der Waals surface area contributed by atoms with Crippen molar-refractivity contribution in [1.82, 2.24) is 9.78 Å². The van der Waals surface area contributed by atoms with Gasteiger partial charge in [-0.15, -0.1) is 0 Å². The van der Waals surface area contributed by atoms with Crippen LogP contribution in [0.15, 0.2) is 48.7 Å². The number of aliphatic carboxylic acids is 1. The Kier molecular flexibility index (Phi) is 4.04. The van der Waals surface area contributed by atoms with Gasteiger partial charge < -0.3 is 15.2 Å². The smallest absolute Gasteiger partial charge is 0.310 e. The SMILES string of the molecule is O=C(O)[C@H]1[C@H](C(=O)Nc2ccn(Cc3ccc(F)cc3)n2)[C@H]2C=C[C@H]1O2. The van der Waals surface area contributed by atoms with Crippen LogP contribution in [-0.4, -0.2) is 39.0 Å². The Bertz CT molecular complexity index is 877. The Morgan fingerprint density at radius 1 is 1.15 bits per heavy atom. The second-order valence-corrected chi connectivity index (χ2v) is 6.35. The van der Waals surface area contributed by atoms with E-state index in [-0.39, 0.29) is 5.82 Å². The van der Waals surface area contributed by atoms with E-state index in [9.17, 15) is 19.1 Å². The first-order valence-corrected chi connectivity index (χ1v) is 8.16. The van der Waals surface area contributed by atoms with Crippen LogP contribution in [0.5, 0.6) is 0 Å². The lowest BCUT2D eigenvalue weighted by atomic mass is 9.82. The third-order valence-corrected chi connectivity index (χ3v) is 4.64. The summed E-state index contributed by atoms with van der Waals surface area (Å²) in [6.45, 7) is 0.424. The van der Waals surface area contributed by atoms with Gasteiger partial charge in [0.2, 0.25) is 5.91 Å². The Morgan fingerprint density at radius 2 is 1.85 bits per heavy atom. The number of anilines is 1. The van der Waals surface area contributed by atoms with Gasteiger partial charge in [0.15, 0.2) is 5.82 Å². The molecule has 2 bridgehead atoms. The maximum Gasteiger partial charge on any atom is 0.310 e. The Labute approximate surface area is 148 Å². The lowest BCUT2D eigenvalue weighted by molar-refractivity contribution is -0.145. The number of hydrogen-bond donors (Lipinski definition) is 2. The number of nitrogens with one attached hydrogen (secondary N) is 1. The van der Waals surface area contributed by atoms with Crippen molar-refractivity contribution < 1.29 is 23.8 Å². The number of halogens is 1. The van der Waals surface area contributed by atoms with Gasteiger partial charge in [0.25, 0.3) is 0 Å². The van der Waals surface area contributed by atoms with Crippen molar-refractivity contribution in [3.8, 4) is 0 Å². The van der Waals surface area contributed by atoms with Gasteiger partial charge in [-0.25, -0.2) is 4.39 Å². The number of carboxylic acid groups (broad SMARTS) is 1.